The first-order valence-electron chi connectivity index (χ1n) is 30.2. The van der Waals surface area contributed by atoms with Crippen LogP contribution in [0.25, 0.3) is 83.9 Å². The Kier molecular flexibility index (Phi) is 9.25. The van der Waals surface area contributed by atoms with Gasteiger partial charge < -0.3 is 5.11 Å². The number of pyridine rings is 1. The van der Waals surface area contributed by atoms with Crippen LogP contribution in [0.15, 0.2) is 152 Å². The molecule has 0 radical (unpaired) electrons. The second-order valence-electron chi connectivity index (χ2n) is 19.9. The van der Waals surface area contributed by atoms with E-state index in [0.29, 0.717) is 55.7 Å². The first-order chi connectivity index (χ1) is 38.3. The summed E-state index contributed by atoms with van der Waals surface area (Å²) in [6.07, 6.45) is -0.656. The van der Waals surface area contributed by atoms with Gasteiger partial charge in [0.25, 0.3) is 0 Å². The van der Waals surface area contributed by atoms with Crippen LogP contribution in [0, 0.1) is 19.8 Å². The zero-order valence-electron chi connectivity index (χ0n) is 55.5. The largest absolute Gasteiger partial charge is 0.507 e. The summed E-state index contributed by atoms with van der Waals surface area (Å²) in [5.41, 5.74) is 4.60. The quantitative estimate of drug-likeness (QED) is 0.147. The SMILES string of the molecule is [2H]c1nc(-c2[c-]c(-c3cccc4c3nc(-c3cc(C([2H])(C)C)cc(C([2H])(C)C)c3O)n4-c3cc(C([2H])([2H])[2H])c(-c4ccc(C(C)(C)C)cc4)cc3-c3ccccc3)cc(C(C)(C)C)c2)c([2H])c(-c2c([2H])c([2H])c(C([2H])([2H])[2H])c([2H])c2[2H])c1[2H].[Pt]. The van der Waals surface area contributed by atoms with Gasteiger partial charge in [-0.25, -0.2) is 4.98 Å². The Morgan fingerprint density at radius 3 is 1.99 bits per heavy atom. The van der Waals surface area contributed by atoms with E-state index in [4.69, 9.17) is 21.4 Å². The van der Waals surface area contributed by atoms with E-state index >= 15 is 0 Å². The minimum absolute atomic E-state index is 0. The molecule has 0 fully saturated rings. The predicted octanol–water partition coefficient (Wildman–Crippen LogP) is 17.4. The van der Waals surface area contributed by atoms with Gasteiger partial charge in [0.1, 0.15) is 11.6 Å². The van der Waals surface area contributed by atoms with Crippen LogP contribution >= 0.6 is 0 Å². The normalized spacial score (nSPS) is 15.8. The topological polar surface area (TPSA) is 50.9 Å². The van der Waals surface area contributed by atoms with Gasteiger partial charge >= 0.3 is 0 Å². The van der Waals surface area contributed by atoms with E-state index in [1.54, 1.807) is 62.6 Å². The molecule has 7 aromatic carbocycles. The number of phenolic OH excluding ortho intramolecular Hbond substituents is 1. The summed E-state index contributed by atoms with van der Waals surface area (Å²) in [4.78, 5) is 9.84. The molecule has 2 heterocycles. The summed E-state index contributed by atoms with van der Waals surface area (Å²) < 4.78 is 134. The maximum absolute atomic E-state index is 12.6. The van der Waals surface area contributed by atoms with Crippen LogP contribution in [0.3, 0.4) is 0 Å². The van der Waals surface area contributed by atoms with Crippen molar-refractivity contribution in [2.24, 2.45) is 0 Å². The third kappa shape index (κ3) is 9.79. The van der Waals surface area contributed by atoms with Crippen LogP contribution in [0.2, 0.25) is 0 Å². The molecular formula is C64H64N3OPt-. The van der Waals surface area contributed by atoms with Gasteiger partial charge in [-0.15, -0.1) is 29.3 Å². The molecule has 0 aliphatic heterocycles. The Bertz CT molecular complexity index is 4040. The molecule has 9 rings (SSSR count). The standard InChI is InChI=1S/C64H64N3O.Pt/c1-39(2)47-35-53(40(3)4)61(68)56(36-47)62-66-60-52(48-32-49(34-51(33-48)64(10,11)12)57-37-46(29-30-65-57)43-23-21-41(5)22-24-43)19-16-20-58(60)67(62)59-31-42(6)54(38-55(59)44-17-14-13-15-18-44)45-25-27-50(28-26-45)63(7,8)9;/h13-31,33-40,68H,1-12H3;/q-1;/i5D3,6D3,21D,22D,23D,24D,29D,30D,37D,39D,40D;. The van der Waals surface area contributed by atoms with Crippen LogP contribution in [-0.4, -0.2) is 19.6 Å². The van der Waals surface area contributed by atoms with Gasteiger partial charge in [0.05, 0.1) is 31.9 Å². The molecule has 69 heavy (non-hydrogen) atoms. The maximum atomic E-state index is 12.6. The second kappa shape index (κ2) is 19.2. The fourth-order valence-corrected chi connectivity index (χ4v) is 8.51. The van der Waals surface area contributed by atoms with E-state index < -0.39 is 90.0 Å². The Morgan fingerprint density at radius 2 is 1.33 bits per heavy atom. The number of benzene rings is 7. The van der Waals surface area contributed by atoms with Gasteiger partial charge in [-0.05, 0) is 117 Å². The molecule has 0 bridgehead atoms. The Hall–Kier alpha value is -6.35. The van der Waals surface area contributed by atoms with Gasteiger partial charge in [-0.1, -0.05) is 189 Å². The number of rotatable bonds is 9. The van der Waals surface area contributed by atoms with Gasteiger partial charge in [0.15, 0.2) is 0 Å². The molecule has 9 aromatic rings. The summed E-state index contributed by atoms with van der Waals surface area (Å²) in [5, 5.41) is 12.6. The molecule has 5 heteroatoms. The molecule has 0 atom stereocenters. The zero-order chi connectivity index (χ0) is 61.2. The Balaban J connectivity index is 0.00000920. The maximum Gasteiger partial charge on any atom is 0.148 e. The van der Waals surface area contributed by atoms with E-state index in [0.717, 1.165) is 11.1 Å². The minimum Gasteiger partial charge on any atom is -0.507 e. The summed E-state index contributed by atoms with van der Waals surface area (Å²) in [6, 6.07) is 32.2. The molecule has 0 saturated heterocycles. The Morgan fingerprint density at radius 1 is 0.638 bits per heavy atom. The molecule has 1 N–H and O–H groups in total. The van der Waals surface area contributed by atoms with Gasteiger partial charge in [0.2, 0.25) is 0 Å². The molecule has 0 amide bonds. The number of aromatic nitrogens is 3. The minimum atomic E-state index is -3.02. The number of imidazole rings is 1. The van der Waals surface area contributed by atoms with E-state index in [2.05, 4.69) is 31.8 Å². The third-order valence-corrected chi connectivity index (χ3v) is 12.4. The van der Waals surface area contributed by atoms with Crippen LogP contribution in [0.1, 0.15) is 135 Å². The number of aryl methyl sites for hydroxylation is 1. The molecule has 0 unspecified atom stereocenters. The van der Waals surface area contributed by atoms with Crippen molar-refractivity contribution in [2.45, 2.75) is 106 Å². The zero-order valence-corrected chi connectivity index (χ0v) is 42.8. The molecule has 4 nitrogen and oxygen atoms in total. The van der Waals surface area contributed by atoms with Crippen molar-refractivity contribution < 1.29 is 46.7 Å². The molecule has 0 saturated carbocycles. The van der Waals surface area contributed by atoms with Crippen molar-refractivity contribution in [1.29, 1.82) is 0 Å². The monoisotopic (exact) mass is 1100 g/mol. The summed E-state index contributed by atoms with van der Waals surface area (Å²) in [7, 11) is 0. The van der Waals surface area contributed by atoms with E-state index in [9.17, 15) is 9.22 Å². The fourth-order valence-electron chi connectivity index (χ4n) is 8.51. The molecule has 0 aliphatic rings. The van der Waals surface area contributed by atoms with Crippen molar-refractivity contribution in [3.05, 3.63) is 191 Å². The number of fused-ring (bicyclic) bond motifs is 1. The number of nitrogens with zero attached hydrogens (tertiary/aromatic N) is 3. The molecule has 352 valence electrons. The smallest absolute Gasteiger partial charge is 0.148 e. The summed E-state index contributed by atoms with van der Waals surface area (Å²) in [5.74, 6) is -2.73. The Labute approximate surface area is 445 Å². The van der Waals surface area contributed by atoms with Crippen molar-refractivity contribution in [3.63, 3.8) is 0 Å². The van der Waals surface area contributed by atoms with E-state index in [1.807, 2.05) is 99.6 Å². The predicted molar refractivity (Wildman–Crippen MR) is 287 cm³/mol. The van der Waals surface area contributed by atoms with Crippen LogP contribution in [0.5, 0.6) is 5.75 Å². The van der Waals surface area contributed by atoms with Gasteiger partial charge in [0, 0.05) is 49.5 Å². The van der Waals surface area contributed by atoms with Crippen LogP contribution in [0.4, 0.5) is 0 Å². The van der Waals surface area contributed by atoms with E-state index in [-0.39, 0.29) is 66.0 Å². The number of hydrogen-bond donors (Lipinski definition) is 1. The van der Waals surface area contributed by atoms with Crippen molar-refractivity contribution >= 4 is 11.0 Å². The van der Waals surface area contributed by atoms with Crippen molar-refractivity contribution in [3.8, 4) is 78.6 Å². The number of aromatic hydroxyl groups is 1. The first-order valence-corrected chi connectivity index (χ1v) is 22.7. The first kappa shape index (κ1) is 33.2. The average molecular weight is 1100 g/mol. The average Bonchev–Trinajstić information content (AvgIpc) is 1.92. The van der Waals surface area contributed by atoms with Crippen molar-refractivity contribution in [1.82, 2.24) is 14.5 Å². The van der Waals surface area contributed by atoms with Gasteiger partial charge in [-0.2, -0.15) is 0 Å². The van der Waals surface area contributed by atoms with Gasteiger partial charge in [-0.3, -0.25) is 9.55 Å². The summed E-state index contributed by atoms with van der Waals surface area (Å²) >= 11 is 0. The number of hydrogen-bond acceptors (Lipinski definition) is 3. The van der Waals surface area contributed by atoms with Crippen molar-refractivity contribution in [2.75, 3.05) is 0 Å². The molecule has 0 spiro atoms. The molecule has 2 aromatic heterocycles. The molecule has 0 aliphatic carbocycles. The van der Waals surface area contributed by atoms with Crippen LogP contribution in [-0.2, 0) is 31.9 Å². The summed E-state index contributed by atoms with van der Waals surface area (Å²) in [6.45, 7) is 13.2. The second-order valence-corrected chi connectivity index (χ2v) is 19.9. The third-order valence-electron chi connectivity index (χ3n) is 12.4. The molecular weight excluding hydrogens is 1020 g/mol. The fraction of sp³-hybridized carbons (Fsp3) is 0.250. The van der Waals surface area contributed by atoms with E-state index in [1.165, 1.54) is 0 Å². The number of phenols is 1. The number of para-hydroxylation sites is 1. The van der Waals surface area contributed by atoms with Crippen LogP contribution < -0.4 is 0 Å².